The van der Waals surface area contributed by atoms with E-state index in [1.807, 2.05) is 29.2 Å². The Morgan fingerprint density at radius 3 is 2.32 bits per heavy atom. The molecule has 1 fully saturated rings. The molecule has 0 saturated carbocycles. The first-order valence-corrected chi connectivity index (χ1v) is 11.0. The van der Waals surface area contributed by atoms with Crippen LogP contribution in [0, 0.1) is 5.41 Å². The fourth-order valence-electron chi connectivity index (χ4n) is 4.13. The molecule has 2 N–H and O–H groups in total. The summed E-state index contributed by atoms with van der Waals surface area (Å²) in [6.07, 6.45) is 1.74. The van der Waals surface area contributed by atoms with E-state index < -0.39 is 5.41 Å². The number of amides is 2. The van der Waals surface area contributed by atoms with Crippen LogP contribution in [0.15, 0.2) is 48.5 Å². The second-order valence-electron chi connectivity index (χ2n) is 9.54. The summed E-state index contributed by atoms with van der Waals surface area (Å²) in [6, 6.07) is 14.9. The molecule has 1 aliphatic heterocycles. The second-order valence-corrected chi connectivity index (χ2v) is 9.98. The molecule has 3 rings (SSSR count). The number of halogens is 1. The molecule has 1 aliphatic rings. The molecule has 0 unspecified atom stereocenters. The van der Waals surface area contributed by atoms with Crippen LogP contribution in [0.2, 0.25) is 5.02 Å². The molecule has 1 saturated heterocycles. The van der Waals surface area contributed by atoms with E-state index >= 15 is 0 Å². The minimum atomic E-state index is -0.509. The first-order chi connectivity index (χ1) is 14.6. The molecule has 6 heteroatoms. The lowest BCUT2D eigenvalue weighted by molar-refractivity contribution is -0.122. The van der Waals surface area contributed by atoms with Crippen LogP contribution in [-0.4, -0.2) is 36.4 Å². The van der Waals surface area contributed by atoms with E-state index in [-0.39, 0.29) is 23.7 Å². The van der Waals surface area contributed by atoms with Crippen molar-refractivity contribution >= 4 is 23.4 Å². The van der Waals surface area contributed by atoms with Gasteiger partial charge in [-0.2, -0.15) is 0 Å². The van der Waals surface area contributed by atoms with Crippen LogP contribution in [-0.2, 0) is 10.2 Å². The van der Waals surface area contributed by atoms with Crippen LogP contribution in [0.3, 0.4) is 0 Å². The molecular formula is C25H31ClN2O3. The quantitative estimate of drug-likeness (QED) is 0.697. The second kappa shape index (κ2) is 9.31. The number of likely N-dealkylation sites (tertiary alicyclic amines) is 1. The summed E-state index contributed by atoms with van der Waals surface area (Å²) in [5.74, 6) is 0.262. The first-order valence-electron chi connectivity index (χ1n) is 10.6. The number of carbonyl (C=O) groups is 2. The van der Waals surface area contributed by atoms with Crippen molar-refractivity contribution in [3.8, 4) is 5.75 Å². The van der Waals surface area contributed by atoms with Crippen molar-refractivity contribution in [2.75, 3.05) is 19.7 Å². The lowest BCUT2D eigenvalue weighted by atomic mass is 9.77. The van der Waals surface area contributed by atoms with Crippen molar-refractivity contribution in [3.05, 3.63) is 64.7 Å². The lowest BCUT2D eigenvalue weighted by Gasteiger charge is -2.42. The van der Waals surface area contributed by atoms with Gasteiger partial charge in [-0.3, -0.25) is 9.59 Å². The predicted octanol–water partition coefficient (Wildman–Crippen LogP) is 4.81. The monoisotopic (exact) mass is 442 g/mol. The molecule has 2 aromatic carbocycles. The number of ether oxygens (including phenoxy) is 1. The average molecular weight is 443 g/mol. The molecule has 166 valence electrons. The van der Waals surface area contributed by atoms with Crippen molar-refractivity contribution in [3.63, 3.8) is 0 Å². The number of carbonyl (C=O) groups excluding carboxylic acids is 2. The van der Waals surface area contributed by atoms with Crippen LogP contribution in [0.4, 0.5) is 0 Å². The smallest absolute Gasteiger partial charge is 0.253 e. The fraction of sp³-hybridized carbons (Fsp3) is 0.440. The van der Waals surface area contributed by atoms with Gasteiger partial charge in [-0.15, -0.1) is 0 Å². The Balaban J connectivity index is 1.75. The largest absolute Gasteiger partial charge is 0.493 e. The minimum Gasteiger partial charge on any atom is -0.493 e. The number of nitrogens with zero attached hydrogens (tertiary/aromatic N) is 1. The van der Waals surface area contributed by atoms with E-state index in [9.17, 15) is 9.59 Å². The molecule has 0 aromatic heterocycles. The normalized spacial score (nSPS) is 19.2. The summed E-state index contributed by atoms with van der Waals surface area (Å²) in [6.45, 7) is 7.84. The van der Waals surface area contributed by atoms with Gasteiger partial charge in [-0.05, 0) is 60.2 Å². The standard InChI is InChI=1S/C25H31ClN2O3/c1-24(2,3)19-7-5-18(6-8-19)23(30)28-14-4-13-25(16-28,15-22(27)29)17-31-21-11-9-20(26)10-12-21/h5-12H,4,13-17H2,1-3H3,(H2,27,29)/t25-/m0/s1. The zero-order valence-electron chi connectivity index (χ0n) is 18.5. The van der Waals surface area contributed by atoms with Gasteiger partial charge in [-0.25, -0.2) is 0 Å². The minimum absolute atomic E-state index is 0.0273. The SMILES string of the molecule is CC(C)(C)c1ccc(C(=O)N2CCC[C@](COc3ccc(Cl)cc3)(CC(N)=O)C2)cc1. The van der Waals surface area contributed by atoms with Crippen LogP contribution < -0.4 is 10.5 Å². The van der Waals surface area contributed by atoms with Crippen LogP contribution in [0.1, 0.15) is 56.0 Å². The van der Waals surface area contributed by atoms with Crippen molar-refractivity contribution in [1.29, 1.82) is 0 Å². The first kappa shape index (κ1) is 23.1. The molecule has 1 heterocycles. The third kappa shape index (κ3) is 6.01. The Morgan fingerprint density at radius 1 is 1.10 bits per heavy atom. The molecule has 1 atom stereocenters. The van der Waals surface area contributed by atoms with Gasteiger partial charge in [-0.1, -0.05) is 44.5 Å². The molecule has 0 spiro atoms. The summed E-state index contributed by atoms with van der Waals surface area (Å²) in [4.78, 5) is 26.9. The highest BCUT2D eigenvalue weighted by atomic mass is 35.5. The van der Waals surface area contributed by atoms with Crippen LogP contribution in [0.25, 0.3) is 0 Å². The Labute approximate surface area is 189 Å². The van der Waals surface area contributed by atoms with Gasteiger partial charge in [0.1, 0.15) is 5.75 Å². The number of rotatable bonds is 6. The molecule has 2 amide bonds. The zero-order chi connectivity index (χ0) is 22.6. The van der Waals surface area contributed by atoms with Gasteiger partial charge in [0.05, 0.1) is 6.61 Å². The highest BCUT2D eigenvalue weighted by Crippen LogP contribution is 2.35. The number of primary amides is 1. The van der Waals surface area contributed by atoms with Gasteiger partial charge in [0.25, 0.3) is 5.91 Å². The van der Waals surface area contributed by atoms with Gasteiger partial charge >= 0.3 is 0 Å². The molecule has 0 aliphatic carbocycles. The van der Waals surface area contributed by atoms with E-state index in [1.54, 1.807) is 24.3 Å². The van der Waals surface area contributed by atoms with Gasteiger partial charge in [0.2, 0.25) is 5.91 Å². The number of piperidine rings is 1. The molecule has 0 bridgehead atoms. The maximum Gasteiger partial charge on any atom is 0.253 e. The number of hydrogen-bond acceptors (Lipinski definition) is 3. The van der Waals surface area contributed by atoms with Crippen molar-refractivity contribution in [2.45, 2.75) is 45.4 Å². The van der Waals surface area contributed by atoms with Gasteiger partial charge < -0.3 is 15.4 Å². The lowest BCUT2D eigenvalue weighted by Crippen LogP contribution is -2.50. The number of nitrogens with two attached hydrogens (primary N) is 1. The summed E-state index contributed by atoms with van der Waals surface area (Å²) in [5, 5.41) is 0.631. The third-order valence-electron chi connectivity index (χ3n) is 5.85. The summed E-state index contributed by atoms with van der Waals surface area (Å²) in [7, 11) is 0. The summed E-state index contributed by atoms with van der Waals surface area (Å²) in [5.41, 5.74) is 6.93. The predicted molar refractivity (Wildman–Crippen MR) is 123 cm³/mol. The Morgan fingerprint density at radius 2 is 1.74 bits per heavy atom. The van der Waals surface area contributed by atoms with Crippen LogP contribution in [0.5, 0.6) is 5.75 Å². The number of benzene rings is 2. The molecule has 2 aromatic rings. The molecule has 0 radical (unpaired) electrons. The maximum atomic E-state index is 13.2. The van der Waals surface area contributed by atoms with Crippen LogP contribution >= 0.6 is 11.6 Å². The molecular weight excluding hydrogens is 412 g/mol. The zero-order valence-corrected chi connectivity index (χ0v) is 19.2. The number of hydrogen-bond donors (Lipinski definition) is 1. The molecule has 31 heavy (non-hydrogen) atoms. The highest BCUT2D eigenvalue weighted by molar-refractivity contribution is 6.30. The third-order valence-corrected chi connectivity index (χ3v) is 6.11. The highest BCUT2D eigenvalue weighted by Gasteiger charge is 2.39. The Hall–Kier alpha value is -2.53. The van der Waals surface area contributed by atoms with E-state index in [4.69, 9.17) is 22.1 Å². The van der Waals surface area contributed by atoms with Crippen molar-refractivity contribution in [1.82, 2.24) is 4.90 Å². The Bertz CT molecular complexity index is 919. The van der Waals surface area contributed by atoms with E-state index in [0.717, 1.165) is 12.8 Å². The topological polar surface area (TPSA) is 72.6 Å². The Kier molecular flexibility index (Phi) is 6.95. The maximum absolute atomic E-state index is 13.2. The van der Waals surface area contributed by atoms with Gasteiger partial charge in [0, 0.05) is 35.5 Å². The van der Waals surface area contributed by atoms with Crippen molar-refractivity contribution < 1.29 is 14.3 Å². The van der Waals surface area contributed by atoms with E-state index in [0.29, 0.717) is 36.0 Å². The van der Waals surface area contributed by atoms with Gasteiger partial charge in [0.15, 0.2) is 0 Å². The average Bonchev–Trinajstić information content (AvgIpc) is 2.72. The van der Waals surface area contributed by atoms with E-state index in [2.05, 4.69) is 20.8 Å². The summed E-state index contributed by atoms with van der Waals surface area (Å²) >= 11 is 5.94. The van der Waals surface area contributed by atoms with E-state index in [1.165, 1.54) is 5.56 Å². The fourth-order valence-corrected chi connectivity index (χ4v) is 4.25. The van der Waals surface area contributed by atoms with Crippen molar-refractivity contribution in [2.24, 2.45) is 11.1 Å². The summed E-state index contributed by atoms with van der Waals surface area (Å²) < 4.78 is 5.99. The molecule has 5 nitrogen and oxygen atoms in total.